The Balaban J connectivity index is 1.31. The van der Waals surface area contributed by atoms with Gasteiger partial charge < -0.3 is 9.64 Å². The number of hydrogen-bond donors (Lipinski definition) is 0. The summed E-state index contributed by atoms with van der Waals surface area (Å²) in [6.45, 7) is 1.54. The highest BCUT2D eigenvalue weighted by atomic mass is 32.2. The Morgan fingerprint density at radius 2 is 1.93 bits per heavy atom. The van der Waals surface area contributed by atoms with Crippen molar-refractivity contribution in [1.82, 2.24) is 19.5 Å². The maximum absolute atomic E-state index is 12.5. The van der Waals surface area contributed by atoms with Crippen molar-refractivity contribution in [2.45, 2.75) is 23.7 Å². The van der Waals surface area contributed by atoms with E-state index in [0.29, 0.717) is 11.7 Å². The normalized spacial score (nSPS) is 15.2. The average Bonchev–Trinajstić information content (AvgIpc) is 3.16. The number of aromatic nitrogens is 3. The number of piperidine rings is 1. The molecule has 140 valence electrons. The van der Waals surface area contributed by atoms with Crippen molar-refractivity contribution >= 4 is 23.3 Å². The molecule has 0 atom stereocenters. The zero-order valence-electron chi connectivity index (χ0n) is 15.2. The van der Waals surface area contributed by atoms with Crippen molar-refractivity contribution in [3.8, 4) is 5.75 Å². The van der Waals surface area contributed by atoms with Gasteiger partial charge in [-0.15, -0.1) is 22.0 Å². The van der Waals surface area contributed by atoms with Crippen molar-refractivity contribution in [3.05, 3.63) is 54.5 Å². The van der Waals surface area contributed by atoms with Crippen LogP contribution in [0.15, 0.2) is 53.6 Å². The molecule has 0 N–H and O–H groups in total. The summed E-state index contributed by atoms with van der Waals surface area (Å²) in [5.41, 5.74) is 0.877. The Bertz CT molecular complexity index is 917. The molecule has 1 amide bonds. The summed E-state index contributed by atoms with van der Waals surface area (Å²) in [5, 5.41) is 8.62. The van der Waals surface area contributed by atoms with E-state index in [4.69, 9.17) is 4.74 Å². The number of likely N-dealkylation sites (tertiary alicyclic amines) is 1. The fourth-order valence-electron chi connectivity index (χ4n) is 3.43. The van der Waals surface area contributed by atoms with Crippen LogP contribution in [0.2, 0.25) is 0 Å². The number of nitrogens with zero attached hydrogens (tertiary/aromatic N) is 4. The van der Waals surface area contributed by atoms with Gasteiger partial charge >= 0.3 is 0 Å². The van der Waals surface area contributed by atoms with Gasteiger partial charge in [0.25, 0.3) is 0 Å². The van der Waals surface area contributed by atoms with E-state index in [1.54, 1.807) is 18.9 Å². The number of benzene rings is 1. The van der Waals surface area contributed by atoms with Crippen molar-refractivity contribution in [2.75, 3.05) is 26.0 Å². The van der Waals surface area contributed by atoms with Gasteiger partial charge in [0, 0.05) is 30.1 Å². The van der Waals surface area contributed by atoms with Gasteiger partial charge in [-0.25, -0.2) is 0 Å². The summed E-state index contributed by atoms with van der Waals surface area (Å²) in [4.78, 5) is 15.6. The maximum Gasteiger partial charge on any atom is 0.232 e. The van der Waals surface area contributed by atoms with Crippen LogP contribution in [0.1, 0.15) is 24.6 Å². The lowest BCUT2D eigenvalue weighted by Crippen LogP contribution is -2.39. The van der Waals surface area contributed by atoms with Crippen LogP contribution in [0, 0.1) is 0 Å². The fraction of sp³-hybridized carbons (Fsp3) is 0.350. The van der Waals surface area contributed by atoms with Crippen LogP contribution in [0.3, 0.4) is 0 Å². The quantitative estimate of drug-likeness (QED) is 0.634. The molecule has 1 aliphatic heterocycles. The largest absolute Gasteiger partial charge is 0.497 e. The lowest BCUT2D eigenvalue weighted by molar-refractivity contribution is -0.129. The van der Waals surface area contributed by atoms with Crippen molar-refractivity contribution < 1.29 is 9.53 Å². The molecule has 4 rings (SSSR count). The van der Waals surface area contributed by atoms with Crippen LogP contribution in [-0.4, -0.2) is 51.4 Å². The molecular weight excluding hydrogens is 360 g/mol. The van der Waals surface area contributed by atoms with Gasteiger partial charge in [0.1, 0.15) is 11.6 Å². The highest BCUT2D eigenvalue weighted by Gasteiger charge is 2.26. The molecule has 0 saturated carbocycles. The molecule has 0 radical (unpaired) electrons. The predicted octanol–water partition coefficient (Wildman–Crippen LogP) is 3.24. The Kier molecular flexibility index (Phi) is 5.29. The second-order valence-electron chi connectivity index (χ2n) is 6.61. The Hall–Kier alpha value is -2.54. The second kappa shape index (κ2) is 8.00. The van der Waals surface area contributed by atoms with Crippen LogP contribution in [0.4, 0.5) is 0 Å². The Labute approximate surface area is 162 Å². The lowest BCUT2D eigenvalue weighted by atomic mass is 9.96. The SMILES string of the molecule is COc1ccc(SCC(=O)N2CCC(c3nnc4ccccn34)CC2)cc1. The molecule has 1 saturated heterocycles. The van der Waals surface area contributed by atoms with Gasteiger partial charge in [-0.05, 0) is 49.2 Å². The first kappa shape index (κ1) is 17.9. The molecule has 6 nitrogen and oxygen atoms in total. The van der Waals surface area contributed by atoms with E-state index < -0.39 is 0 Å². The molecule has 0 bridgehead atoms. The summed E-state index contributed by atoms with van der Waals surface area (Å²) in [6.07, 6.45) is 3.86. The number of methoxy groups -OCH3 is 1. The number of thioether (sulfide) groups is 1. The molecule has 27 heavy (non-hydrogen) atoms. The highest BCUT2D eigenvalue weighted by Crippen LogP contribution is 2.28. The number of carbonyl (C=O) groups excluding carboxylic acids is 1. The molecule has 0 spiro atoms. The molecule has 1 aliphatic rings. The Morgan fingerprint density at radius 1 is 1.15 bits per heavy atom. The predicted molar refractivity (Wildman–Crippen MR) is 105 cm³/mol. The van der Waals surface area contributed by atoms with E-state index in [1.807, 2.05) is 53.6 Å². The van der Waals surface area contributed by atoms with E-state index in [-0.39, 0.29) is 5.91 Å². The summed E-state index contributed by atoms with van der Waals surface area (Å²) < 4.78 is 7.22. The third kappa shape index (κ3) is 3.93. The maximum atomic E-state index is 12.5. The van der Waals surface area contributed by atoms with Crippen LogP contribution in [0.5, 0.6) is 5.75 Å². The lowest BCUT2D eigenvalue weighted by Gasteiger charge is -2.31. The first-order valence-electron chi connectivity index (χ1n) is 9.09. The van der Waals surface area contributed by atoms with Crippen LogP contribution >= 0.6 is 11.8 Å². The monoisotopic (exact) mass is 382 g/mol. The van der Waals surface area contributed by atoms with E-state index in [9.17, 15) is 4.79 Å². The molecule has 2 aromatic heterocycles. The summed E-state index contributed by atoms with van der Waals surface area (Å²) in [6, 6.07) is 13.7. The topological polar surface area (TPSA) is 59.7 Å². The van der Waals surface area contributed by atoms with Gasteiger partial charge in [-0.3, -0.25) is 9.20 Å². The average molecular weight is 382 g/mol. The van der Waals surface area contributed by atoms with Crippen molar-refractivity contribution in [1.29, 1.82) is 0 Å². The Morgan fingerprint density at radius 3 is 2.67 bits per heavy atom. The molecule has 3 aromatic rings. The number of amides is 1. The number of pyridine rings is 1. The zero-order chi connectivity index (χ0) is 18.6. The van der Waals surface area contributed by atoms with Gasteiger partial charge in [0.15, 0.2) is 5.65 Å². The first-order valence-corrected chi connectivity index (χ1v) is 10.1. The van der Waals surface area contributed by atoms with Crippen LogP contribution in [0.25, 0.3) is 5.65 Å². The third-order valence-corrected chi connectivity index (χ3v) is 5.97. The van der Waals surface area contributed by atoms with Gasteiger partial charge in [-0.1, -0.05) is 6.07 Å². The minimum absolute atomic E-state index is 0.195. The number of hydrogen-bond acceptors (Lipinski definition) is 5. The first-order chi connectivity index (χ1) is 13.2. The molecule has 0 aliphatic carbocycles. The summed E-state index contributed by atoms with van der Waals surface area (Å²) >= 11 is 1.57. The fourth-order valence-corrected chi connectivity index (χ4v) is 4.23. The van der Waals surface area contributed by atoms with E-state index in [0.717, 1.165) is 48.0 Å². The molecule has 1 aromatic carbocycles. The molecule has 1 fully saturated rings. The van der Waals surface area contributed by atoms with E-state index in [2.05, 4.69) is 14.6 Å². The van der Waals surface area contributed by atoms with Crippen molar-refractivity contribution in [2.24, 2.45) is 0 Å². The van der Waals surface area contributed by atoms with Gasteiger partial charge in [0.2, 0.25) is 5.91 Å². The second-order valence-corrected chi connectivity index (χ2v) is 7.66. The summed E-state index contributed by atoms with van der Waals surface area (Å²) in [7, 11) is 1.65. The molecule has 7 heteroatoms. The van der Waals surface area contributed by atoms with E-state index in [1.165, 1.54) is 0 Å². The number of carbonyl (C=O) groups is 1. The third-order valence-electron chi connectivity index (χ3n) is 4.97. The van der Waals surface area contributed by atoms with Gasteiger partial charge in [-0.2, -0.15) is 0 Å². The number of rotatable bonds is 5. The molecule has 3 heterocycles. The minimum Gasteiger partial charge on any atom is -0.497 e. The van der Waals surface area contributed by atoms with Crippen LogP contribution in [-0.2, 0) is 4.79 Å². The smallest absolute Gasteiger partial charge is 0.232 e. The zero-order valence-corrected chi connectivity index (χ0v) is 16.1. The van der Waals surface area contributed by atoms with Gasteiger partial charge in [0.05, 0.1) is 12.9 Å². The number of fused-ring (bicyclic) bond motifs is 1. The standard InChI is InChI=1S/C20H22N4O2S/c1-26-16-5-7-17(8-6-16)27-14-19(25)23-12-9-15(10-13-23)20-22-21-18-4-2-3-11-24(18)20/h2-8,11,15H,9-10,12-14H2,1H3. The number of ether oxygens (including phenoxy) is 1. The summed E-state index contributed by atoms with van der Waals surface area (Å²) in [5.74, 6) is 2.84. The van der Waals surface area contributed by atoms with Crippen molar-refractivity contribution in [3.63, 3.8) is 0 Å². The van der Waals surface area contributed by atoms with E-state index >= 15 is 0 Å². The minimum atomic E-state index is 0.195. The highest BCUT2D eigenvalue weighted by molar-refractivity contribution is 8.00. The van der Waals surface area contributed by atoms with Crippen LogP contribution < -0.4 is 4.74 Å². The molecule has 0 unspecified atom stereocenters. The molecular formula is C20H22N4O2S.